The molecule has 0 N–H and O–H groups in total. The van der Waals surface area contributed by atoms with E-state index >= 15 is 0 Å². The highest BCUT2D eigenvalue weighted by Crippen LogP contribution is 2.18. The van der Waals surface area contributed by atoms with E-state index in [-0.39, 0.29) is 16.8 Å². The molecule has 2 rings (SSSR count). The minimum atomic E-state index is -0.771. The first-order chi connectivity index (χ1) is 10.5. The molecule has 5 nitrogen and oxygen atoms in total. The number of carbonyl (C=O) groups is 1. The molecule has 0 unspecified atom stereocenters. The van der Waals surface area contributed by atoms with Gasteiger partial charge in [0.05, 0.1) is 10.5 Å². The Bertz CT molecular complexity index is 822. The van der Waals surface area contributed by atoms with Crippen molar-refractivity contribution in [2.45, 2.75) is 0 Å². The Balaban J connectivity index is 2.42. The number of benzene rings is 2. The maximum atomic E-state index is 13.6. The monoisotopic (exact) mass is 296 g/mol. The third-order valence-corrected chi connectivity index (χ3v) is 2.88. The number of non-ortho nitro benzene ring substituents is 1. The summed E-state index contributed by atoms with van der Waals surface area (Å²) in [6.45, 7) is 0. The first kappa shape index (κ1) is 15.1. The second-order valence-corrected chi connectivity index (χ2v) is 4.33. The van der Waals surface area contributed by atoms with Crippen molar-refractivity contribution in [1.82, 2.24) is 0 Å². The van der Waals surface area contributed by atoms with Gasteiger partial charge in [-0.1, -0.05) is 24.3 Å². The summed E-state index contributed by atoms with van der Waals surface area (Å²) < 4.78 is 13.6. The molecule has 0 spiro atoms. The second-order valence-electron chi connectivity index (χ2n) is 4.33. The molecule has 0 bridgehead atoms. The van der Waals surface area contributed by atoms with E-state index in [1.54, 1.807) is 6.07 Å². The molecule has 0 fully saturated rings. The largest absolute Gasteiger partial charge is 0.288 e. The van der Waals surface area contributed by atoms with E-state index in [2.05, 4.69) is 0 Å². The average molecular weight is 296 g/mol. The minimum absolute atomic E-state index is 0.163. The SMILES string of the molecule is N#C/C(=C\c1cccc([N+](=O)[O-])c1)C(=O)c1ccccc1F. The number of nitrogens with zero attached hydrogens (tertiary/aromatic N) is 2. The zero-order valence-electron chi connectivity index (χ0n) is 11.2. The summed E-state index contributed by atoms with van der Waals surface area (Å²) in [4.78, 5) is 22.3. The van der Waals surface area contributed by atoms with Crippen molar-refractivity contribution in [3.05, 3.63) is 81.2 Å². The van der Waals surface area contributed by atoms with Gasteiger partial charge in [-0.05, 0) is 23.8 Å². The predicted octanol–water partition coefficient (Wildman–Crippen LogP) is 3.52. The Labute approximate surface area is 125 Å². The van der Waals surface area contributed by atoms with Crippen molar-refractivity contribution >= 4 is 17.5 Å². The number of ketones is 1. The molecule has 2 aromatic rings. The number of halogens is 1. The van der Waals surface area contributed by atoms with Gasteiger partial charge in [-0.3, -0.25) is 14.9 Å². The van der Waals surface area contributed by atoms with Crippen LogP contribution in [-0.2, 0) is 0 Å². The predicted molar refractivity (Wildman–Crippen MR) is 77.4 cm³/mol. The van der Waals surface area contributed by atoms with E-state index in [1.807, 2.05) is 0 Å². The van der Waals surface area contributed by atoms with Crippen LogP contribution in [0, 0.1) is 27.3 Å². The number of allylic oxidation sites excluding steroid dienone is 1. The van der Waals surface area contributed by atoms with Crippen LogP contribution in [-0.4, -0.2) is 10.7 Å². The van der Waals surface area contributed by atoms with Gasteiger partial charge in [0.25, 0.3) is 5.69 Å². The molecule has 0 aliphatic heterocycles. The maximum Gasteiger partial charge on any atom is 0.270 e. The Morgan fingerprint density at radius 1 is 1.23 bits per heavy atom. The minimum Gasteiger partial charge on any atom is -0.288 e. The van der Waals surface area contributed by atoms with Gasteiger partial charge in [-0.25, -0.2) is 4.39 Å². The number of Topliss-reactive ketones (excluding diaryl/α,β-unsaturated/α-hetero) is 1. The molecular weight excluding hydrogens is 287 g/mol. The zero-order valence-corrected chi connectivity index (χ0v) is 11.2. The molecule has 6 heteroatoms. The van der Waals surface area contributed by atoms with Crippen molar-refractivity contribution in [2.75, 3.05) is 0 Å². The molecule has 2 aromatic carbocycles. The summed E-state index contributed by atoms with van der Waals surface area (Å²) in [5.41, 5.74) is -0.369. The van der Waals surface area contributed by atoms with Crippen LogP contribution in [0.1, 0.15) is 15.9 Å². The standard InChI is InChI=1S/C16H9FN2O3/c17-15-7-2-1-6-14(15)16(20)12(10-18)8-11-4-3-5-13(9-11)19(21)22/h1-9H/b12-8+. The second kappa shape index (κ2) is 6.41. The summed E-state index contributed by atoms with van der Waals surface area (Å²) in [7, 11) is 0. The Morgan fingerprint density at radius 3 is 2.59 bits per heavy atom. The quantitative estimate of drug-likeness (QED) is 0.284. The lowest BCUT2D eigenvalue weighted by atomic mass is 10.0. The number of carbonyl (C=O) groups excluding carboxylic acids is 1. The fourth-order valence-electron chi connectivity index (χ4n) is 1.83. The normalized spacial score (nSPS) is 10.8. The van der Waals surface area contributed by atoms with Gasteiger partial charge in [0.2, 0.25) is 5.78 Å². The highest BCUT2D eigenvalue weighted by molar-refractivity contribution is 6.14. The van der Waals surface area contributed by atoms with E-state index in [4.69, 9.17) is 5.26 Å². The van der Waals surface area contributed by atoms with E-state index in [0.29, 0.717) is 5.56 Å². The van der Waals surface area contributed by atoms with E-state index < -0.39 is 16.5 Å². The molecule has 0 aliphatic rings. The van der Waals surface area contributed by atoms with E-state index in [1.165, 1.54) is 48.5 Å². The van der Waals surface area contributed by atoms with Gasteiger partial charge in [-0.2, -0.15) is 5.26 Å². The van der Waals surface area contributed by atoms with Crippen LogP contribution in [0.4, 0.5) is 10.1 Å². The number of nitriles is 1. The molecule has 108 valence electrons. The lowest BCUT2D eigenvalue weighted by molar-refractivity contribution is -0.384. The lowest BCUT2D eigenvalue weighted by Crippen LogP contribution is -2.04. The number of hydrogen-bond donors (Lipinski definition) is 0. The van der Waals surface area contributed by atoms with Crippen molar-refractivity contribution in [1.29, 1.82) is 5.26 Å². The highest BCUT2D eigenvalue weighted by Gasteiger charge is 2.16. The van der Waals surface area contributed by atoms with Gasteiger partial charge in [-0.15, -0.1) is 0 Å². The van der Waals surface area contributed by atoms with Crippen molar-refractivity contribution in [3.63, 3.8) is 0 Å². The van der Waals surface area contributed by atoms with Crippen LogP contribution in [0.25, 0.3) is 6.08 Å². The average Bonchev–Trinajstić information content (AvgIpc) is 2.52. The number of nitro groups is 1. The molecule has 0 radical (unpaired) electrons. The Morgan fingerprint density at radius 2 is 1.95 bits per heavy atom. The van der Waals surface area contributed by atoms with Gasteiger partial charge < -0.3 is 0 Å². The lowest BCUT2D eigenvalue weighted by Gasteiger charge is -2.01. The molecule has 0 heterocycles. The van der Waals surface area contributed by atoms with Crippen LogP contribution >= 0.6 is 0 Å². The smallest absolute Gasteiger partial charge is 0.270 e. The molecule has 0 saturated heterocycles. The molecule has 0 aliphatic carbocycles. The molecule has 0 atom stereocenters. The molecule has 22 heavy (non-hydrogen) atoms. The van der Waals surface area contributed by atoms with Gasteiger partial charge in [0.15, 0.2) is 0 Å². The van der Waals surface area contributed by atoms with Crippen molar-refractivity contribution in [3.8, 4) is 6.07 Å². The summed E-state index contributed by atoms with van der Waals surface area (Å²) in [6.07, 6.45) is 1.20. The molecular formula is C16H9FN2O3. The van der Waals surface area contributed by atoms with Gasteiger partial charge in [0.1, 0.15) is 17.5 Å². The third-order valence-electron chi connectivity index (χ3n) is 2.88. The Hall–Kier alpha value is -3.33. The van der Waals surface area contributed by atoms with Gasteiger partial charge in [0, 0.05) is 12.1 Å². The number of hydrogen-bond acceptors (Lipinski definition) is 4. The molecule has 0 amide bonds. The molecule has 0 saturated carbocycles. The summed E-state index contributed by atoms with van der Waals surface area (Å²) in [5, 5.41) is 19.8. The first-order valence-corrected chi connectivity index (χ1v) is 6.18. The van der Waals surface area contributed by atoms with Crippen molar-refractivity contribution < 1.29 is 14.1 Å². The first-order valence-electron chi connectivity index (χ1n) is 6.18. The van der Waals surface area contributed by atoms with Crippen LogP contribution in [0.2, 0.25) is 0 Å². The number of nitro benzene ring substituents is 1. The van der Waals surface area contributed by atoms with Crippen LogP contribution in [0.15, 0.2) is 54.1 Å². The maximum absolute atomic E-state index is 13.6. The van der Waals surface area contributed by atoms with Crippen LogP contribution < -0.4 is 0 Å². The topological polar surface area (TPSA) is 84.0 Å². The summed E-state index contributed by atoms with van der Waals surface area (Å²) in [5.74, 6) is -1.50. The molecule has 0 aromatic heterocycles. The van der Waals surface area contributed by atoms with Crippen molar-refractivity contribution in [2.24, 2.45) is 0 Å². The van der Waals surface area contributed by atoms with Crippen LogP contribution in [0.5, 0.6) is 0 Å². The van der Waals surface area contributed by atoms with Gasteiger partial charge >= 0.3 is 0 Å². The number of rotatable bonds is 4. The summed E-state index contributed by atoms with van der Waals surface area (Å²) in [6, 6.07) is 12.5. The summed E-state index contributed by atoms with van der Waals surface area (Å²) >= 11 is 0. The van der Waals surface area contributed by atoms with E-state index in [9.17, 15) is 19.3 Å². The fraction of sp³-hybridized carbons (Fsp3) is 0. The van der Waals surface area contributed by atoms with Crippen LogP contribution in [0.3, 0.4) is 0 Å². The Kier molecular flexibility index (Phi) is 4.39. The highest BCUT2D eigenvalue weighted by atomic mass is 19.1. The third kappa shape index (κ3) is 3.22. The fourth-order valence-corrected chi connectivity index (χ4v) is 1.83. The zero-order chi connectivity index (χ0) is 16.1. The van der Waals surface area contributed by atoms with E-state index in [0.717, 1.165) is 6.07 Å².